The SMILES string of the molecule is CCOC(=O)c1ccc(S(=O)(=O)N2CCC(C(=O)O[C@@H](C)C(=O)Nc3cccc([N+](=O)[O-])c3)CC2)cc1. The fraction of sp³-hybridized carbons (Fsp3) is 0.375. The second-order valence-corrected chi connectivity index (χ2v) is 10.2. The van der Waals surface area contributed by atoms with Crippen molar-refractivity contribution in [2.24, 2.45) is 5.92 Å². The van der Waals surface area contributed by atoms with Crippen molar-refractivity contribution in [3.05, 3.63) is 64.2 Å². The summed E-state index contributed by atoms with van der Waals surface area (Å²) in [4.78, 5) is 47.1. The molecule has 1 saturated heterocycles. The summed E-state index contributed by atoms with van der Waals surface area (Å²) in [5.41, 5.74) is 0.237. The molecule has 13 heteroatoms. The van der Waals surface area contributed by atoms with Gasteiger partial charge in [-0.3, -0.25) is 19.7 Å². The van der Waals surface area contributed by atoms with Gasteiger partial charge in [-0.05, 0) is 57.0 Å². The second kappa shape index (κ2) is 11.9. The number of non-ortho nitro benzene ring substituents is 1. The number of sulfonamides is 1. The Balaban J connectivity index is 1.53. The Hall–Kier alpha value is -3.84. The number of rotatable bonds is 9. The molecule has 0 unspecified atom stereocenters. The van der Waals surface area contributed by atoms with E-state index in [1.54, 1.807) is 6.92 Å². The molecule has 1 aliphatic rings. The van der Waals surface area contributed by atoms with Gasteiger partial charge in [0.2, 0.25) is 10.0 Å². The number of hydrogen-bond donors (Lipinski definition) is 1. The highest BCUT2D eigenvalue weighted by Gasteiger charge is 2.34. The summed E-state index contributed by atoms with van der Waals surface area (Å²) in [5.74, 6) is -2.41. The monoisotopic (exact) mass is 533 g/mol. The predicted molar refractivity (Wildman–Crippen MR) is 131 cm³/mol. The van der Waals surface area contributed by atoms with E-state index in [0.717, 1.165) is 0 Å². The molecule has 1 heterocycles. The fourth-order valence-corrected chi connectivity index (χ4v) is 5.19. The number of hydrogen-bond acceptors (Lipinski definition) is 9. The molecule has 0 spiro atoms. The quantitative estimate of drug-likeness (QED) is 0.290. The van der Waals surface area contributed by atoms with Gasteiger partial charge in [-0.25, -0.2) is 13.2 Å². The van der Waals surface area contributed by atoms with Crippen LogP contribution in [0.25, 0.3) is 0 Å². The predicted octanol–water partition coefficient (Wildman–Crippen LogP) is 2.74. The highest BCUT2D eigenvalue weighted by Crippen LogP contribution is 2.25. The van der Waals surface area contributed by atoms with Crippen LogP contribution in [0.5, 0.6) is 0 Å². The molecule has 3 rings (SSSR count). The van der Waals surface area contributed by atoms with Crippen molar-refractivity contribution in [1.29, 1.82) is 0 Å². The van der Waals surface area contributed by atoms with E-state index in [-0.39, 0.29) is 54.4 Å². The van der Waals surface area contributed by atoms with E-state index in [9.17, 15) is 32.9 Å². The summed E-state index contributed by atoms with van der Waals surface area (Å²) < 4.78 is 37.4. The lowest BCUT2D eigenvalue weighted by molar-refractivity contribution is -0.384. The third-order valence-corrected chi connectivity index (χ3v) is 7.69. The summed E-state index contributed by atoms with van der Waals surface area (Å²) in [6.45, 7) is 3.42. The van der Waals surface area contributed by atoms with E-state index in [1.165, 1.54) is 59.8 Å². The minimum absolute atomic E-state index is 0.0213. The van der Waals surface area contributed by atoms with E-state index < -0.39 is 44.8 Å². The van der Waals surface area contributed by atoms with Gasteiger partial charge in [0.25, 0.3) is 11.6 Å². The largest absolute Gasteiger partial charge is 0.462 e. The maximum Gasteiger partial charge on any atom is 0.338 e. The number of anilines is 1. The number of piperidine rings is 1. The van der Waals surface area contributed by atoms with Gasteiger partial charge in [-0.2, -0.15) is 4.31 Å². The average molecular weight is 534 g/mol. The van der Waals surface area contributed by atoms with Gasteiger partial charge >= 0.3 is 11.9 Å². The smallest absolute Gasteiger partial charge is 0.338 e. The number of esters is 2. The van der Waals surface area contributed by atoms with E-state index in [4.69, 9.17) is 9.47 Å². The number of carbonyl (C=O) groups excluding carboxylic acids is 3. The van der Waals surface area contributed by atoms with Crippen molar-refractivity contribution in [2.75, 3.05) is 25.0 Å². The van der Waals surface area contributed by atoms with Gasteiger partial charge in [0.05, 0.1) is 27.9 Å². The topological polar surface area (TPSA) is 162 Å². The van der Waals surface area contributed by atoms with Gasteiger partial charge in [-0.1, -0.05) is 6.07 Å². The second-order valence-electron chi connectivity index (χ2n) is 8.30. The lowest BCUT2D eigenvalue weighted by Crippen LogP contribution is -2.41. The third-order valence-electron chi connectivity index (χ3n) is 5.78. The van der Waals surface area contributed by atoms with Crippen molar-refractivity contribution >= 4 is 39.2 Å². The summed E-state index contributed by atoms with van der Waals surface area (Å²) in [7, 11) is -3.83. The molecule has 2 aromatic rings. The molecule has 2 aromatic carbocycles. The van der Waals surface area contributed by atoms with Crippen LogP contribution in [0.15, 0.2) is 53.4 Å². The lowest BCUT2D eigenvalue weighted by Gasteiger charge is -2.30. The van der Waals surface area contributed by atoms with E-state index in [1.807, 2.05) is 0 Å². The molecule has 0 bridgehead atoms. The van der Waals surface area contributed by atoms with Gasteiger partial charge in [0.15, 0.2) is 6.10 Å². The maximum absolute atomic E-state index is 13.0. The highest BCUT2D eigenvalue weighted by atomic mass is 32.2. The third kappa shape index (κ3) is 6.89. The minimum Gasteiger partial charge on any atom is -0.462 e. The zero-order valence-corrected chi connectivity index (χ0v) is 21.1. The van der Waals surface area contributed by atoms with Crippen molar-refractivity contribution in [3.63, 3.8) is 0 Å². The molecule has 1 aliphatic heterocycles. The molecule has 37 heavy (non-hydrogen) atoms. The van der Waals surface area contributed by atoms with Crippen LogP contribution < -0.4 is 5.32 Å². The molecular formula is C24H27N3O9S. The highest BCUT2D eigenvalue weighted by molar-refractivity contribution is 7.89. The first-order valence-electron chi connectivity index (χ1n) is 11.6. The van der Waals surface area contributed by atoms with Gasteiger partial charge in [-0.15, -0.1) is 0 Å². The molecule has 1 fully saturated rings. The number of nitrogens with zero attached hydrogens (tertiary/aromatic N) is 2. The first-order valence-corrected chi connectivity index (χ1v) is 13.0. The number of nitrogens with one attached hydrogen (secondary N) is 1. The van der Waals surface area contributed by atoms with Crippen LogP contribution in [0.3, 0.4) is 0 Å². The Labute approximate surface area is 213 Å². The fourth-order valence-electron chi connectivity index (χ4n) is 3.72. The van der Waals surface area contributed by atoms with Gasteiger partial charge in [0, 0.05) is 30.9 Å². The Morgan fingerprint density at radius 2 is 1.78 bits per heavy atom. The van der Waals surface area contributed by atoms with Crippen LogP contribution in [-0.2, 0) is 29.1 Å². The number of benzene rings is 2. The van der Waals surface area contributed by atoms with Gasteiger partial charge in [0.1, 0.15) is 0 Å². The first kappa shape index (κ1) is 27.7. The zero-order chi connectivity index (χ0) is 27.2. The lowest BCUT2D eigenvalue weighted by atomic mass is 9.98. The molecule has 0 saturated carbocycles. The van der Waals surface area contributed by atoms with Crippen LogP contribution in [0.4, 0.5) is 11.4 Å². The standard InChI is InChI=1S/C24H27N3O9S/c1-3-35-23(29)17-7-9-21(10-8-17)37(33,34)26-13-11-18(12-14-26)24(30)36-16(2)22(28)25-19-5-4-6-20(15-19)27(31)32/h4-10,15-16,18H,3,11-14H2,1-2H3,(H,25,28)/t16-/m0/s1. The molecule has 0 aliphatic carbocycles. The van der Waals surface area contributed by atoms with Crippen molar-refractivity contribution in [1.82, 2.24) is 4.31 Å². The molecule has 1 amide bonds. The normalized spacial score (nSPS) is 15.4. The average Bonchev–Trinajstić information content (AvgIpc) is 2.89. The maximum atomic E-state index is 13.0. The Morgan fingerprint density at radius 3 is 2.38 bits per heavy atom. The molecule has 198 valence electrons. The Kier molecular flexibility index (Phi) is 8.95. The molecule has 1 N–H and O–H groups in total. The molecular weight excluding hydrogens is 506 g/mol. The van der Waals surface area contributed by atoms with Crippen molar-refractivity contribution < 1.29 is 37.2 Å². The van der Waals surface area contributed by atoms with Crippen molar-refractivity contribution in [3.8, 4) is 0 Å². The molecule has 1 atom stereocenters. The number of carbonyl (C=O) groups is 3. The van der Waals surface area contributed by atoms with Gasteiger partial charge < -0.3 is 14.8 Å². The van der Waals surface area contributed by atoms with Crippen LogP contribution in [0.2, 0.25) is 0 Å². The number of nitro benzene ring substituents is 1. The number of nitro groups is 1. The summed E-state index contributed by atoms with van der Waals surface area (Å²) in [6.07, 6.45) is -0.748. The van der Waals surface area contributed by atoms with E-state index in [2.05, 4.69) is 5.32 Å². The zero-order valence-electron chi connectivity index (χ0n) is 20.3. The van der Waals surface area contributed by atoms with E-state index in [0.29, 0.717) is 0 Å². The summed E-state index contributed by atoms with van der Waals surface area (Å²) in [6, 6.07) is 10.8. The molecule has 12 nitrogen and oxygen atoms in total. The van der Waals surface area contributed by atoms with Crippen LogP contribution in [0.1, 0.15) is 37.0 Å². The molecule has 0 radical (unpaired) electrons. The first-order chi connectivity index (χ1) is 17.5. The number of ether oxygens (including phenoxy) is 2. The Morgan fingerprint density at radius 1 is 1.14 bits per heavy atom. The minimum atomic E-state index is -3.83. The van der Waals surface area contributed by atoms with Crippen LogP contribution >= 0.6 is 0 Å². The number of amides is 1. The van der Waals surface area contributed by atoms with Crippen LogP contribution in [0, 0.1) is 16.0 Å². The molecule has 0 aromatic heterocycles. The van der Waals surface area contributed by atoms with Crippen molar-refractivity contribution in [2.45, 2.75) is 37.7 Å². The summed E-state index contributed by atoms with van der Waals surface area (Å²) >= 11 is 0. The summed E-state index contributed by atoms with van der Waals surface area (Å²) in [5, 5.41) is 13.4. The van der Waals surface area contributed by atoms with E-state index >= 15 is 0 Å². The Bertz CT molecular complexity index is 1270. The van der Waals surface area contributed by atoms with Crippen LogP contribution in [-0.4, -0.2) is 61.3 Å².